The topological polar surface area (TPSA) is 71.1 Å². The van der Waals surface area contributed by atoms with E-state index in [0.29, 0.717) is 22.6 Å². The van der Waals surface area contributed by atoms with Crippen molar-refractivity contribution in [1.29, 1.82) is 0 Å². The Morgan fingerprint density at radius 3 is 1.11 bits per heavy atom. The molecule has 0 saturated heterocycles. The summed E-state index contributed by atoms with van der Waals surface area (Å²) in [4.78, 5) is 25.1. The second-order valence-corrected chi connectivity index (χ2v) is 8.18. The van der Waals surface area contributed by atoms with Gasteiger partial charge in [-0.25, -0.2) is 0 Å². The van der Waals surface area contributed by atoms with Crippen LogP contribution in [0, 0.1) is 0 Å². The van der Waals surface area contributed by atoms with Gasteiger partial charge < -0.3 is 18.9 Å². The first-order chi connectivity index (χ1) is 18.5. The van der Waals surface area contributed by atoms with Gasteiger partial charge in [-0.05, 0) is 35.4 Å². The summed E-state index contributed by atoms with van der Waals surface area (Å²) < 4.78 is 21.1. The van der Waals surface area contributed by atoms with Crippen molar-refractivity contribution in [3.8, 4) is 11.5 Å². The van der Waals surface area contributed by atoms with E-state index in [-0.39, 0.29) is 11.6 Å². The molecule has 0 radical (unpaired) electrons. The van der Waals surface area contributed by atoms with Crippen LogP contribution in [0.3, 0.4) is 0 Å². The molecule has 0 heterocycles. The maximum atomic E-state index is 12.6. The summed E-state index contributed by atoms with van der Waals surface area (Å²) in [5.74, 6) is 0.910. The van der Waals surface area contributed by atoms with Crippen molar-refractivity contribution in [3.63, 3.8) is 0 Å². The Balaban J connectivity index is 0.000000211. The number of hydrogen-bond donors (Lipinski definition) is 0. The van der Waals surface area contributed by atoms with E-state index in [1.165, 1.54) is 14.2 Å². The zero-order valence-electron chi connectivity index (χ0n) is 22.0. The first-order valence-electron chi connectivity index (χ1n) is 12.1. The van der Waals surface area contributed by atoms with Gasteiger partial charge in [-0.3, -0.25) is 9.59 Å². The van der Waals surface area contributed by atoms with Crippen molar-refractivity contribution in [2.24, 2.45) is 0 Å². The molecule has 0 saturated carbocycles. The molecule has 0 N–H and O–H groups in total. The first-order valence-corrected chi connectivity index (χ1v) is 12.1. The van der Waals surface area contributed by atoms with E-state index in [2.05, 4.69) is 0 Å². The molecule has 2 atom stereocenters. The zero-order chi connectivity index (χ0) is 27.3. The Labute approximate surface area is 223 Å². The van der Waals surface area contributed by atoms with Crippen molar-refractivity contribution < 1.29 is 28.5 Å². The quantitative estimate of drug-likeness (QED) is 0.225. The largest absolute Gasteiger partial charge is 0.496 e. The molecule has 0 aliphatic heterocycles. The number of methoxy groups -OCH3 is 4. The van der Waals surface area contributed by atoms with Gasteiger partial charge in [0.25, 0.3) is 0 Å². The molecular weight excluding hydrogens is 480 g/mol. The lowest BCUT2D eigenvalue weighted by Gasteiger charge is -2.16. The second kappa shape index (κ2) is 14.5. The summed E-state index contributed by atoms with van der Waals surface area (Å²) in [6.45, 7) is 0. The molecule has 0 fully saturated rings. The number of carbonyl (C=O) groups excluding carboxylic acids is 2. The highest BCUT2D eigenvalue weighted by Gasteiger charge is 2.25. The lowest BCUT2D eigenvalue weighted by Crippen LogP contribution is -2.15. The van der Waals surface area contributed by atoms with Crippen LogP contribution in [0.1, 0.15) is 44.1 Å². The highest BCUT2D eigenvalue weighted by atomic mass is 16.5. The van der Waals surface area contributed by atoms with Crippen molar-refractivity contribution in [3.05, 3.63) is 131 Å². The lowest BCUT2D eigenvalue weighted by atomic mass is 9.99. The fourth-order valence-electron chi connectivity index (χ4n) is 4.02. The number of Topliss-reactive ketones (excluding diaryl/α,β-unsaturated/α-hetero) is 2. The molecule has 6 nitrogen and oxygen atoms in total. The summed E-state index contributed by atoms with van der Waals surface area (Å²) in [5.41, 5.74) is 2.73. The maximum Gasteiger partial charge on any atom is 0.199 e. The average Bonchev–Trinajstić information content (AvgIpc) is 2.99. The van der Waals surface area contributed by atoms with Gasteiger partial charge in [-0.2, -0.15) is 0 Å². The number of hydrogen-bond acceptors (Lipinski definition) is 6. The summed E-state index contributed by atoms with van der Waals surface area (Å²) in [6, 6.07) is 33.2. The maximum absolute atomic E-state index is 12.6. The summed E-state index contributed by atoms with van der Waals surface area (Å²) in [6.07, 6.45) is -1.23. The predicted molar refractivity (Wildman–Crippen MR) is 147 cm³/mol. The normalized spacial score (nSPS) is 11.9. The van der Waals surface area contributed by atoms with E-state index in [9.17, 15) is 9.59 Å². The Hall–Kier alpha value is -4.26. The SMILES string of the molecule is COc1ccccc1C(=O)C(OC)c1ccccc1.COc1ccccc1C(=O)C(OC)c1ccccc1. The van der Waals surface area contributed by atoms with Gasteiger partial charge in [0.05, 0.1) is 25.3 Å². The number of carbonyl (C=O) groups is 2. The standard InChI is InChI=1S/2C16H16O3/c2*1-18-14-11-7-6-10-13(14)15(17)16(19-2)12-8-4-3-5-9-12/h2*3-11,16H,1-2H3. The van der Waals surface area contributed by atoms with E-state index in [1.807, 2.05) is 84.9 Å². The van der Waals surface area contributed by atoms with Gasteiger partial charge in [0.1, 0.15) is 23.7 Å². The van der Waals surface area contributed by atoms with E-state index in [1.54, 1.807) is 38.5 Å². The lowest BCUT2D eigenvalue weighted by molar-refractivity contribution is 0.0597. The summed E-state index contributed by atoms with van der Waals surface area (Å²) in [5, 5.41) is 0. The monoisotopic (exact) mass is 512 g/mol. The molecular formula is C32H32O6. The van der Waals surface area contributed by atoms with Crippen molar-refractivity contribution in [1.82, 2.24) is 0 Å². The van der Waals surface area contributed by atoms with Gasteiger partial charge in [0.2, 0.25) is 0 Å². The predicted octanol–water partition coefficient (Wildman–Crippen LogP) is 6.53. The van der Waals surface area contributed by atoms with Crippen molar-refractivity contribution in [2.45, 2.75) is 12.2 Å². The van der Waals surface area contributed by atoms with Crippen LogP contribution in [0.15, 0.2) is 109 Å². The van der Waals surface area contributed by atoms with Gasteiger partial charge in [-0.1, -0.05) is 84.9 Å². The second-order valence-electron chi connectivity index (χ2n) is 8.18. The van der Waals surface area contributed by atoms with Crippen molar-refractivity contribution in [2.75, 3.05) is 28.4 Å². The highest BCUT2D eigenvalue weighted by Crippen LogP contribution is 2.28. The summed E-state index contributed by atoms with van der Waals surface area (Å²) in [7, 11) is 6.17. The minimum absolute atomic E-state index is 0.105. The third-order valence-electron chi connectivity index (χ3n) is 5.90. The van der Waals surface area contributed by atoms with E-state index in [4.69, 9.17) is 18.9 Å². The highest BCUT2D eigenvalue weighted by molar-refractivity contribution is 6.03. The third kappa shape index (κ3) is 6.94. The minimum Gasteiger partial charge on any atom is -0.496 e. The van der Waals surface area contributed by atoms with Crippen LogP contribution >= 0.6 is 0 Å². The molecule has 38 heavy (non-hydrogen) atoms. The zero-order valence-corrected chi connectivity index (χ0v) is 22.0. The number of ether oxygens (including phenoxy) is 4. The van der Waals surface area contributed by atoms with Crippen LogP contribution in [0.5, 0.6) is 11.5 Å². The van der Waals surface area contributed by atoms with Crippen molar-refractivity contribution >= 4 is 11.6 Å². The Bertz CT molecular complexity index is 1200. The molecule has 4 rings (SSSR count). The molecule has 6 heteroatoms. The molecule has 0 amide bonds. The van der Waals surface area contributed by atoms with Crippen LogP contribution in [0.2, 0.25) is 0 Å². The van der Waals surface area contributed by atoms with Gasteiger partial charge in [-0.15, -0.1) is 0 Å². The molecule has 2 unspecified atom stereocenters. The molecule has 0 spiro atoms. The minimum atomic E-state index is -0.613. The molecule has 4 aromatic carbocycles. The third-order valence-corrected chi connectivity index (χ3v) is 5.90. The molecule has 196 valence electrons. The fourth-order valence-corrected chi connectivity index (χ4v) is 4.02. The van der Waals surface area contributed by atoms with Crippen LogP contribution in [0.4, 0.5) is 0 Å². The van der Waals surface area contributed by atoms with Crippen LogP contribution in [-0.4, -0.2) is 40.0 Å². The van der Waals surface area contributed by atoms with E-state index < -0.39 is 12.2 Å². The van der Waals surface area contributed by atoms with E-state index in [0.717, 1.165) is 11.1 Å². The Morgan fingerprint density at radius 1 is 0.474 bits per heavy atom. The molecule has 0 aromatic heterocycles. The van der Waals surface area contributed by atoms with Gasteiger partial charge in [0.15, 0.2) is 11.6 Å². The van der Waals surface area contributed by atoms with Gasteiger partial charge >= 0.3 is 0 Å². The number of rotatable bonds is 10. The first kappa shape index (κ1) is 28.3. The Morgan fingerprint density at radius 2 is 0.789 bits per heavy atom. The summed E-state index contributed by atoms with van der Waals surface area (Å²) >= 11 is 0. The number of ketones is 2. The molecule has 4 aromatic rings. The Kier molecular flexibility index (Phi) is 10.8. The smallest absolute Gasteiger partial charge is 0.199 e. The molecule has 0 aliphatic rings. The fraction of sp³-hybridized carbons (Fsp3) is 0.188. The van der Waals surface area contributed by atoms with Gasteiger partial charge in [0, 0.05) is 14.2 Å². The van der Waals surface area contributed by atoms with Crippen LogP contribution in [0.25, 0.3) is 0 Å². The average molecular weight is 513 g/mol. The molecule has 0 aliphatic carbocycles. The van der Waals surface area contributed by atoms with Crippen LogP contribution in [-0.2, 0) is 9.47 Å². The number of para-hydroxylation sites is 2. The van der Waals surface area contributed by atoms with Crippen LogP contribution < -0.4 is 9.47 Å². The van der Waals surface area contributed by atoms with E-state index >= 15 is 0 Å². The number of benzene rings is 4. The molecule has 0 bridgehead atoms.